The van der Waals surface area contributed by atoms with Crippen LogP contribution in [0.3, 0.4) is 0 Å². The van der Waals surface area contributed by atoms with Crippen molar-refractivity contribution >= 4 is 40.4 Å². The SMILES string of the molecule is CCOc1cc(/C=N/NC(=O)C(c2ccccc2)c2ccccc2)cc(I)c1OCc1ccc([N+](=O)[O-])cc1. The van der Waals surface area contributed by atoms with E-state index in [4.69, 9.17) is 9.47 Å². The molecule has 0 bridgehead atoms. The first-order valence-electron chi connectivity index (χ1n) is 12.2. The van der Waals surface area contributed by atoms with E-state index in [1.807, 2.05) is 73.7 Å². The van der Waals surface area contributed by atoms with Crippen molar-refractivity contribution in [1.29, 1.82) is 0 Å². The molecule has 0 fully saturated rings. The summed E-state index contributed by atoms with van der Waals surface area (Å²) in [6.07, 6.45) is 1.57. The lowest BCUT2D eigenvalue weighted by Crippen LogP contribution is -2.26. The maximum Gasteiger partial charge on any atom is 0.269 e. The lowest BCUT2D eigenvalue weighted by molar-refractivity contribution is -0.384. The second-order valence-electron chi connectivity index (χ2n) is 8.46. The summed E-state index contributed by atoms with van der Waals surface area (Å²) >= 11 is 2.16. The number of non-ortho nitro benzene ring substituents is 1. The number of hydrogen-bond acceptors (Lipinski definition) is 6. The average Bonchev–Trinajstić information content (AvgIpc) is 2.94. The van der Waals surface area contributed by atoms with Gasteiger partial charge in [0, 0.05) is 12.1 Å². The van der Waals surface area contributed by atoms with Crippen LogP contribution in [-0.4, -0.2) is 23.7 Å². The Labute approximate surface area is 240 Å². The van der Waals surface area contributed by atoms with Gasteiger partial charge in [-0.15, -0.1) is 0 Å². The topological polar surface area (TPSA) is 103 Å². The number of nitrogens with one attached hydrogen (secondary N) is 1. The minimum atomic E-state index is -0.501. The summed E-state index contributed by atoms with van der Waals surface area (Å²) in [5.74, 6) is 0.348. The van der Waals surface area contributed by atoms with Crippen molar-refractivity contribution in [3.8, 4) is 11.5 Å². The van der Waals surface area contributed by atoms with Crippen molar-refractivity contribution in [1.82, 2.24) is 5.43 Å². The zero-order chi connectivity index (χ0) is 27.6. The summed E-state index contributed by atoms with van der Waals surface area (Å²) in [6, 6.07) is 29.0. The number of amides is 1. The first-order chi connectivity index (χ1) is 19.0. The van der Waals surface area contributed by atoms with Crippen LogP contribution in [0.5, 0.6) is 11.5 Å². The van der Waals surface area contributed by atoms with Gasteiger partial charge in [-0.05, 0) is 76.0 Å². The Balaban J connectivity index is 1.49. The van der Waals surface area contributed by atoms with Gasteiger partial charge >= 0.3 is 0 Å². The Morgan fingerprint density at radius 3 is 2.15 bits per heavy atom. The van der Waals surface area contributed by atoms with Crippen LogP contribution >= 0.6 is 22.6 Å². The highest BCUT2D eigenvalue weighted by Crippen LogP contribution is 2.34. The third-order valence-electron chi connectivity index (χ3n) is 5.78. The van der Waals surface area contributed by atoms with Gasteiger partial charge in [0.05, 0.1) is 27.2 Å². The third-order valence-corrected chi connectivity index (χ3v) is 6.58. The molecule has 0 spiro atoms. The molecule has 0 saturated heterocycles. The van der Waals surface area contributed by atoms with E-state index in [-0.39, 0.29) is 18.2 Å². The fourth-order valence-electron chi connectivity index (χ4n) is 3.96. The molecule has 198 valence electrons. The molecule has 4 rings (SSSR count). The summed E-state index contributed by atoms with van der Waals surface area (Å²) in [4.78, 5) is 23.6. The molecule has 0 unspecified atom stereocenters. The Morgan fingerprint density at radius 1 is 0.974 bits per heavy atom. The van der Waals surface area contributed by atoms with Crippen LogP contribution in [0.25, 0.3) is 0 Å². The van der Waals surface area contributed by atoms with Crippen LogP contribution in [0.1, 0.15) is 35.1 Å². The number of nitro groups is 1. The molecule has 4 aromatic rings. The Bertz CT molecular complexity index is 1410. The van der Waals surface area contributed by atoms with Crippen LogP contribution < -0.4 is 14.9 Å². The van der Waals surface area contributed by atoms with Gasteiger partial charge in [0.15, 0.2) is 11.5 Å². The normalized spacial score (nSPS) is 10.9. The van der Waals surface area contributed by atoms with E-state index in [0.29, 0.717) is 18.1 Å². The van der Waals surface area contributed by atoms with E-state index in [1.54, 1.807) is 24.4 Å². The van der Waals surface area contributed by atoms with Gasteiger partial charge in [0.2, 0.25) is 0 Å². The zero-order valence-electron chi connectivity index (χ0n) is 21.1. The predicted octanol–water partition coefficient (Wildman–Crippen LogP) is 6.46. The van der Waals surface area contributed by atoms with E-state index in [2.05, 4.69) is 33.1 Å². The van der Waals surface area contributed by atoms with Crippen molar-refractivity contribution in [2.75, 3.05) is 6.61 Å². The number of ether oxygens (including phenoxy) is 2. The number of carbonyl (C=O) groups excluding carboxylic acids is 1. The van der Waals surface area contributed by atoms with Gasteiger partial charge < -0.3 is 9.47 Å². The Kier molecular flexibility index (Phi) is 9.63. The van der Waals surface area contributed by atoms with Crippen LogP contribution in [0.4, 0.5) is 5.69 Å². The zero-order valence-corrected chi connectivity index (χ0v) is 23.3. The maximum atomic E-state index is 13.2. The smallest absolute Gasteiger partial charge is 0.269 e. The molecule has 0 aliphatic heterocycles. The number of hydrazone groups is 1. The second-order valence-corrected chi connectivity index (χ2v) is 9.63. The van der Waals surface area contributed by atoms with Gasteiger partial charge in [0.25, 0.3) is 11.6 Å². The highest BCUT2D eigenvalue weighted by Gasteiger charge is 2.22. The molecule has 39 heavy (non-hydrogen) atoms. The number of carbonyl (C=O) groups is 1. The van der Waals surface area contributed by atoms with Crippen molar-refractivity contribution in [3.05, 3.63) is 133 Å². The second kappa shape index (κ2) is 13.5. The molecule has 4 aromatic carbocycles. The van der Waals surface area contributed by atoms with Crippen LogP contribution in [-0.2, 0) is 11.4 Å². The van der Waals surface area contributed by atoms with E-state index >= 15 is 0 Å². The number of rotatable bonds is 11. The van der Waals surface area contributed by atoms with Gasteiger partial charge in [0.1, 0.15) is 6.61 Å². The summed E-state index contributed by atoms with van der Waals surface area (Å²) in [6.45, 7) is 2.52. The third kappa shape index (κ3) is 7.41. The number of nitro benzene ring substituents is 1. The highest BCUT2D eigenvalue weighted by atomic mass is 127. The lowest BCUT2D eigenvalue weighted by atomic mass is 9.91. The number of nitrogens with zero attached hydrogens (tertiary/aromatic N) is 2. The van der Waals surface area contributed by atoms with Gasteiger partial charge in [-0.3, -0.25) is 14.9 Å². The summed E-state index contributed by atoms with van der Waals surface area (Å²) < 4.78 is 12.6. The van der Waals surface area contributed by atoms with Crippen LogP contribution in [0.2, 0.25) is 0 Å². The average molecular weight is 635 g/mol. The van der Waals surface area contributed by atoms with E-state index in [9.17, 15) is 14.9 Å². The van der Waals surface area contributed by atoms with Gasteiger partial charge in [-0.2, -0.15) is 5.10 Å². The molecule has 8 nitrogen and oxygen atoms in total. The Hall–Kier alpha value is -4.25. The van der Waals surface area contributed by atoms with E-state index in [0.717, 1.165) is 25.8 Å². The van der Waals surface area contributed by atoms with Crippen molar-refractivity contribution in [3.63, 3.8) is 0 Å². The minimum Gasteiger partial charge on any atom is -0.490 e. The molecular weight excluding hydrogens is 609 g/mol. The molecular formula is C30H26IN3O5. The first-order valence-corrected chi connectivity index (χ1v) is 13.3. The van der Waals surface area contributed by atoms with Crippen LogP contribution in [0.15, 0.2) is 102 Å². The summed E-state index contributed by atoms with van der Waals surface area (Å²) in [5.41, 5.74) is 5.97. The largest absolute Gasteiger partial charge is 0.490 e. The lowest BCUT2D eigenvalue weighted by Gasteiger charge is -2.16. The highest BCUT2D eigenvalue weighted by molar-refractivity contribution is 14.1. The fourth-order valence-corrected chi connectivity index (χ4v) is 4.74. The predicted molar refractivity (Wildman–Crippen MR) is 158 cm³/mol. The van der Waals surface area contributed by atoms with Gasteiger partial charge in [-0.1, -0.05) is 60.7 Å². The molecule has 0 heterocycles. The van der Waals surface area contributed by atoms with E-state index in [1.165, 1.54) is 12.1 Å². The standard InChI is InChI=1S/C30H26IN3O5/c1-2-38-27-18-22(17-26(31)29(27)39-20-21-13-15-25(16-14-21)34(36)37)19-32-33-30(35)28(23-9-5-3-6-10-23)24-11-7-4-8-12-24/h3-19,28H,2,20H2,1H3,(H,33,35)/b32-19+. The molecule has 0 radical (unpaired) electrons. The molecule has 9 heteroatoms. The molecule has 0 aliphatic carbocycles. The van der Waals surface area contributed by atoms with Crippen molar-refractivity contribution < 1.29 is 19.2 Å². The minimum absolute atomic E-state index is 0.0259. The fraction of sp³-hybridized carbons (Fsp3) is 0.133. The number of halogens is 1. The quantitative estimate of drug-likeness (QED) is 0.0883. The molecule has 1 amide bonds. The van der Waals surface area contributed by atoms with E-state index < -0.39 is 10.8 Å². The number of hydrogen-bond donors (Lipinski definition) is 1. The molecule has 0 saturated carbocycles. The van der Waals surface area contributed by atoms with Gasteiger partial charge in [-0.25, -0.2) is 5.43 Å². The summed E-state index contributed by atoms with van der Waals surface area (Å²) in [7, 11) is 0. The first kappa shape index (κ1) is 27.8. The van der Waals surface area contributed by atoms with Crippen molar-refractivity contribution in [2.24, 2.45) is 5.10 Å². The molecule has 0 aliphatic rings. The van der Waals surface area contributed by atoms with Crippen LogP contribution in [0, 0.1) is 13.7 Å². The molecule has 1 N–H and O–H groups in total. The maximum absolute atomic E-state index is 13.2. The number of benzene rings is 4. The Morgan fingerprint density at radius 2 is 1.59 bits per heavy atom. The molecule has 0 aromatic heterocycles. The monoisotopic (exact) mass is 635 g/mol. The molecule has 0 atom stereocenters. The summed E-state index contributed by atoms with van der Waals surface area (Å²) in [5, 5.41) is 15.1. The van der Waals surface area contributed by atoms with Crippen molar-refractivity contribution in [2.45, 2.75) is 19.4 Å².